The van der Waals surface area contributed by atoms with Gasteiger partial charge >= 0.3 is 0 Å². The van der Waals surface area contributed by atoms with E-state index in [1.165, 1.54) is 4.68 Å². The molecular weight excluding hydrogens is 412 g/mol. The molecule has 156 valence electrons. The number of carbonyl (C=O) groups excluding carboxylic acids is 3. The first-order valence-electron chi connectivity index (χ1n) is 10.5. The second-order valence-corrected chi connectivity index (χ2v) is 7.91. The fourth-order valence-electron chi connectivity index (χ4n) is 4.38. The second kappa shape index (κ2) is 7.21. The zero-order chi connectivity index (χ0) is 22.5. The molecule has 0 aliphatic heterocycles. The zero-order valence-electron chi connectivity index (χ0n) is 17.4. The first kappa shape index (κ1) is 19.1. The minimum Gasteiger partial charge on any atom is -0.289 e. The Morgan fingerprint density at radius 3 is 1.97 bits per heavy atom. The fourth-order valence-corrected chi connectivity index (χ4v) is 4.38. The number of hydrogen-bond acceptors (Lipinski definition) is 4. The Balaban J connectivity index is 1.43. The van der Waals surface area contributed by atoms with Gasteiger partial charge in [0.2, 0.25) is 0 Å². The quantitative estimate of drug-likeness (QED) is 0.365. The summed E-state index contributed by atoms with van der Waals surface area (Å²) in [5, 5.41) is 5.31. The van der Waals surface area contributed by atoms with Gasteiger partial charge in [-0.2, -0.15) is 9.78 Å². The molecule has 1 aliphatic rings. The minimum absolute atomic E-state index is 0.0699. The van der Waals surface area contributed by atoms with E-state index >= 15 is 0 Å². The lowest BCUT2D eigenvalue weighted by Crippen LogP contribution is -2.14. The van der Waals surface area contributed by atoms with Crippen LogP contribution in [0.1, 0.15) is 42.2 Å². The van der Waals surface area contributed by atoms with Crippen molar-refractivity contribution in [3.8, 4) is 11.3 Å². The zero-order valence-corrected chi connectivity index (χ0v) is 17.4. The Morgan fingerprint density at radius 1 is 0.606 bits per heavy atom. The van der Waals surface area contributed by atoms with E-state index < -0.39 is 0 Å². The van der Waals surface area contributed by atoms with Crippen molar-refractivity contribution in [3.63, 3.8) is 0 Å². The molecule has 0 unspecified atom stereocenters. The molecule has 1 aromatic heterocycles. The van der Waals surface area contributed by atoms with Crippen molar-refractivity contribution >= 4 is 28.4 Å². The molecule has 5 nitrogen and oxygen atoms in total. The molecule has 0 N–H and O–H groups in total. The van der Waals surface area contributed by atoms with E-state index in [0.29, 0.717) is 44.4 Å². The topological polar surface area (TPSA) is 69.0 Å². The number of rotatable bonds is 3. The molecule has 0 amide bonds. The molecule has 6 rings (SSSR count). The first-order valence-corrected chi connectivity index (χ1v) is 10.5. The van der Waals surface area contributed by atoms with Gasteiger partial charge in [-0.1, -0.05) is 78.9 Å². The number of hydrogen-bond donors (Lipinski definition) is 0. The SMILES string of the molecule is O=C(c1ccccc1)c1ccc(C(=O)n2nc3c4c(cccc42)C(=O)c2ccccc2-3)cc1. The van der Waals surface area contributed by atoms with Crippen LogP contribution in [0, 0.1) is 0 Å². The lowest BCUT2D eigenvalue weighted by molar-refractivity contribution is 0.0948. The summed E-state index contributed by atoms with van der Waals surface area (Å²) in [6.07, 6.45) is 0. The van der Waals surface area contributed by atoms with E-state index in [1.54, 1.807) is 60.7 Å². The van der Waals surface area contributed by atoms with Crippen LogP contribution >= 0.6 is 0 Å². The standard InChI is InChI=1S/C28H16N2O3/c31-26(17-7-2-1-3-8-17)18-13-15-19(16-14-18)28(33)30-23-12-6-11-22-24(23)25(29-30)20-9-4-5-10-21(20)27(22)32/h1-16H. The summed E-state index contributed by atoms with van der Waals surface area (Å²) in [7, 11) is 0. The van der Waals surface area contributed by atoms with Crippen molar-refractivity contribution in [2.24, 2.45) is 0 Å². The van der Waals surface area contributed by atoms with Crippen LogP contribution in [0.15, 0.2) is 97.1 Å². The number of benzene rings is 4. The van der Waals surface area contributed by atoms with Crippen molar-refractivity contribution in [1.82, 2.24) is 9.78 Å². The van der Waals surface area contributed by atoms with Crippen molar-refractivity contribution in [3.05, 3.63) is 125 Å². The van der Waals surface area contributed by atoms with Crippen LogP contribution in [-0.4, -0.2) is 27.3 Å². The molecule has 0 spiro atoms. The minimum atomic E-state index is -0.325. The summed E-state index contributed by atoms with van der Waals surface area (Å²) < 4.78 is 1.34. The third kappa shape index (κ3) is 2.87. The molecule has 0 saturated carbocycles. The highest BCUT2D eigenvalue weighted by molar-refractivity contribution is 6.25. The molecule has 1 heterocycles. The molecule has 5 heteroatoms. The average molecular weight is 428 g/mol. The van der Waals surface area contributed by atoms with Crippen LogP contribution in [0.4, 0.5) is 0 Å². The van der Waals surface area contributed by atoms with E-state index in [-0.39, 0.29) is 17.5 Å². The highest BCUT2D eigenvalue weighted by Gasteiger charge is 2.29. The summed E-state index contributed by atoms with van der Waals surface area (Å²) in [6.45, 7) is 0. The normalized spacial score (nSPS) is 11.9. The van der Waals surface area contributed by atoms with Gasteiger partial charge in [-0.25, -0.2) is 0 Å². The van der Waals surface area contributed by atoms with Crippen molar-refractivity contribution in [2.75, 3.05) is 0 Å². The van der Waals surface area contributed by atoms with Gasteiger partial charge in [0.25, 0.3) is 5.91 Å². The molecule has 4 aromatic carbocycles. The number of ketones is 2. The maximum atomic E-state index is 13.4. The number of fused-ring (bicyclic) bond motifs is 2. The van der Waals surface area contributed by atoms with Gasteiger partial charge in [-0.15, -0.1) is 0 Å². The van der Waals surface area contributed by atoms with Crippen molar-refractivity contribution < 1.29 is 14.4 Å². The van der Waals surface area contributed by atoms with E-state index in [4.69, 9.17) is 0 Å². The molecule has 0 saturated heterocycles. The second-order valence-electron chi connectivity index (χ2n) is 7.91. The smallest absolute Gasteiger partial charge is 0.278 e. The molecule has 5 aromatic rings. The van der Waals surface area contributed by atoms with E-state index in [2.05, 4.69) is 5.10 Å². The summed E-state index contributed by atoms with van der Waals surface area (Å²) in [6, 6.07) is 28.2. The van der Waals surface area contributed by atoms with Crippen LogP contribution in [0.2, 0.25) is 0 Å². The summed E-state index contributed by atoms with van der Waals surface area (Å²) in [4.78, 5) is 39.1. The maximum Gasteiger partial charge on any atom is 0.278 e. The highest BCUT2D eigenvalue weighted by atomic mass is 16.2. The molecule has 0 radical (unpaired) electrons. The fraction of sp³-hybridized carbons (Fsp3) is 0. The Hall–Kier alpha value is -4.64. The summed E-state index contributed by atoms with van der Waals surface area (Å²) >= 11 is 0. The van der Waals surface area contributed by atoms with Gasteiger partial charge in [0.15, 0.2) is 11.6 Å². The molecule has 33 heavy (non-hydrogen) atoms. The number of carbonyl (C=O) groups is 3. The summed E-state index contributed by atoms with van der Waals surface area (Å²) in [5.74, 6) is -0.500. The van der Waals surface area contributed by atoms with Crippen molar-refractivity contribution in [2.45, 2.75) is 0 Å². The monoisotopic (exact) mass is 428 g/mol. The Labute approximate surface area is 188 Å². The third-order valence-corrected chi connectivity index (χ3v) is 6.00. The molecule has 1 aliphatic carbocycles. The Morgan fingerprint density at radius 2 is 1.21 bits per heavy atom. The average Bonchev–Trinajstić information content (AvgIpc) is 3.27. The maximum absolute atomic E-state index is 13.4. The van der Waals surface area contributed by atoms with Crippen LogP contribution < -0.4 is 0 Å². The third-order valence-electron chi connectivity index (χ3n) is 6.00. The number of nitrogens with zero attached hydrogens (tertiary/aromatic N) is 2. The number of aromatic nitrogens is 2. The highest BCUT2D eigenvalue weighted by Crippen LogP contribution is 2.38. The van der Waals surface area contributed by atoms with Gasteiger partial charge in [-0.05, 0) is 18.2 Å². The lowest BCUT2D eigenvalue weighted by Gasteiger charge is -2.13. The van der Waals surface area contributed by atoms with Crippen LogP contribution in [0.5, 0.6) is 0 Å². The molecule has 0 bridgehead atoms. The van der Waals surface area contributed by atoms with Gasteiger partial charge in [-0.3, -0.25) is 14.4 Å². The lowest BCUT2D eigenvalue weighted by atomic mass is 9.87. The van der Waals surface area contributed by atoms with Gasteiger partial charge in [0, 0.05) is 38.8 Å². The molecular formula is C28H16N2O3. The van der Waals surface area contributed by atoms with Crippen LogP contribution in [0.3, 0.4) is 0 Å². The predicted molar refractivity (Wildman–Crippen MR) is 125 cm³/mol. The van der Waals surface area contributed by atoms with E-state index in [9.17, 15) is 14.4 Å². The van der Waals surface area contributed by atoms with E-state index in [0.717, 1.165) is 5.56 Å². The molecule has 0 fully saturated rings. The van der Waals surface area contributed by atoms with Gasteiger partial charge in [0.1, 0.15) is 5.69 Å². The van der Waals surface area contributed by atoms with Gasteiger partial charge < -0.3 is 0 Å². The predicted octanol–water partition coefficient (Wildman–Crippen LogP) is 5.17. The Kier molecular flexibility index (Phi) is 4.17. The molecule has 0 atom stereocenters. The largest absolute Gasteiger partial charge is 0.289 e. The Bertz CT molecular complexity index is 1600. The van der Waals surface area contributed by atoms with Crippen molar-refractivity contribution in [1.29, 1.82) is 0 Å². The summed E-state index contributed by atoms with van der Waals surface area (Å²) in [5.41, 5.74) is 4.56. The first-order chi connectivity index (χ1) is 16.1. The van der Waals surface area contributed by atoms with Crippen LogP contribution in [0.25, 0.3) is 22.2 Å². The van der Waals surface area contributed by atoms with E-state index in [1.807, 2.05) is 36.4 Å². The van der Waals surface area contributed by atoms with Gasteiger partial charge in [0.05, 0.1) is 5.52 Å². The van der Waals surface area contributed by atoms with Crippen LogP contribution in [-0.2, 0) is 0 Å².